The lowest BCUT2D eigenvalue weighted by Crippen LogP contribution is -2.54. The topological polar surface area (TPSA) is 82.2 Å². The van der Waals surface area contributed by atoms with E-state index in [1.807, 2.05) is 0 Å². The molecular weight excluding hydrogens is 390 g/mol. The number of rotatable bonds is 2. The number of benzene rings is 1. The smallest absolute Gasteiger partial charge is 0.384 e. The van der Waals surface area contributed by atoms with Gasteiger partial charge in [0.05, 0.1) is 5.57 Å². The van der Waals surface area contributed by atoms with Gasteiger partial charge in [-0.15, -0.1) is 0 Å². The molecule has 0 unspecified atom stereocenters. The summed E-state index contributed by atoms with van der Waals surface area (Å²) in [5, 5.41) is 11.6. The number of nitrogens with one attached hydrogen (secondary N) is 1. The molecule has 28 heavy (non-hydrogen) atoms. The second-order valence-corrected chi connectivity index (χ2v) is 6.02. The zero-order valence-corrected chi connectivity index (χ0v) is 14.5. The number of nitriles is 1. The van der Waals surface area contributed by atoms with Crippen LogP contribution in [-0.2, 0) is 4.79 Å². The Morgan fingerprint density at radius 1 is 1.14 bits per heavy atom. The number of alkyl halides is 6. The summed E-state index contributed by atoms with van der Waals surface area (Å²) in [6.07, 6.45) is -11.7. The zero-order chi connectivity index (χ0) is 21.5. The fourth-order valence-electron chi connectivity index (χ4n) is 2.95. The van der Waals surface area contributed by atoms with Crippen LogP contribution in [0, 0.1) is 16.7 Å². The summed E-state index contributed by atoms with van der Waals surface area (Å²) in [5.41, 5.74) is -0.535. The number of halogens is 6. The summed E-state index contributed by atoms with van der Waals surface area (Å²) in [7, 11) is 0. The molecule has 1 aromatic rings. The average Bonchev–Trinajstić information content (AvgIpc) is 2.53. The van der Waals surface area contributed by atoms with Crippen molar-refractivity contribution in [2.75, 3.05) is 10.2 Å². The molecule has 0 atom stereocenters. The lowest BCUT2D eigenvalue weighted by molar-refractivity contribution is -0.306. The first-order valence-electron chi connectivity index (χ1n) is 7.67. The first-order valence-corrected chi connectivity index (χ1v) is 7.67. The van der Waals surface area contributed by atoms with E-state index in [2.05, 4.69) is 5.32 Å². The Bertz CT molecular complexity index is 876. The molecule has 3 N–H and O–H groups in total. The Morgan fingerprint density at radius 3 is 2.04 bits per heavy atom. The second kappa shape index (κ2) is 6.78. The number of nitrogens with zero attached hydrogens (tertiary/aromatic N) is 2. The molecule has 5 nitrogen and oxygen atoms in total. The van der Waals surface area contributed by atoms with Crippen LogP contribution in [0.15, 0.2) is 47.4 Å². The molecule has 0 saturated heterocycles. The van der Waals surface area contributed by atoms with Crippen molar-refractivity contribution in [2.24, 2.45) is 11.1 Å². The van der Waals surface area contributed by atoms with Crippen LogP contribution in [0.1, 0.15) is 13.8 Å². The lowest BCUT2D eigenvalue weighted by atomic mass is 9.75. The van der Waals surface area contributed by atoms with E-state index in [-0.39, 0.29) is 17.7 Å². The summed E-state index contributed by atoms with van der Waals surface area (Å²) in [6, 6.07) is 6.43. The number of carbonyl (C=O) groups is 1. The van der Waals surface area contributed by atoms with E-state index in [1.54, 1.807) is 0 Å². The van der Waals surface area contributed by atoms with Crippen LogP contribution in [-0.4, -0.2) is 18.3 Å². The van der Waals surface area contributed by atoms with Crippen molar-refractivity contribution in [2.45, 2.75) is 26.2 Å². The van der Waals surface area contributed by atoms with E-state index in [0.29, 0.717) is 5.69 Å². The van der Waals surface area contributed by atoms with Crippen LogP contribution in [0.2, 0.25) is 0 Å². The maximum atomic E-state index is 13.5. The fourth-order valence-corrected chi connectivity index (χ4v) is 2.95. The highest BCUT2D eigenvalue weighted by molar-refractivity contribution is 5.88. The van der Waals surface area contributed by atoms with Gasteiger partial charge in [-0.05, 0) is 37.3 Å². The van der Waals surface area contributed by atoms with Gasteiger partial charge >= 0.3 is 12.4 Å². The Morgan fingerprint density at radius 2 is 1.64 bits per heavy atom. The van der Waals surface area contributed by atoms with Gasteiger partial charge in [0, 0.05) is 24.0 Å². The quantitative estimate of drug-likeness (QED) is 0.725. The van der Waals surface area contributed by atoms with Crippen LogP contribution >= 0.6 is 0 Å². The summed E-state index contributed by atoms with van der Waals surface area (Å²) >= 11 is 0. The van der Waals surface area contributed by atoms with E-state index in [9.17, 15) is 31.1 Å². The van der Waals surface area contributed by atoms with E-state index in [4.69, 9.17) is 11.0 Å². The van der Waals surface area contributed by atoms with Crippen LogP contribution in [0.4, 0.5) is 37.7 Å². The maximum absolute atomic E-state index is 13.5. The highest BCUT2D eigenvalue weighted by atomic mass is 19.4. The minimum absolute atomic E-state index is 0.0519. The van der Waals surface area contributed by atoms with Crippen molar-refractivity contribution in [3.05, 3.63) is 47.4 Å². The Hall–Kier alpha value is -3.16. The Labute approximate surface area is 155 Å². The normalized spacial score (nSPS) is 17.1. The predicted octanol–water partition coefficient (Wildman–Crippen LogP) is 4.17. The van der Waals surface area contributed by atoms with Gasteiger partial charge in [0.1, 0.15) is 11.9 Å². The number of anilines is 2. The molecule has 0 spiro atoms. The third-order valence-electron chi connectivity index (χ3n) is 4.12. The third-order valence-corrected chi connectivity index (χ3v) is 4.12. The molecule has 0 saturated carbocycles. The molecule has 1 heterocycles. The molecule has 11 heteroatoms. The summed E-state index contributed by atoms with van der Waals surface area (Å²) in [4.78, 5) is 11.9. The molecule has 0 radical (unpaired) electrons. The monoisotopic (exact) mass is 404 g/mol. The average molecular weight is 404 g/mol. The van der Waals surface area contributed by atoms with Crippen molar-refractivity contribution in [3.8, 4) is 6.07 Å². The van der Waals surface area contributed by atoms with Gasteiger partial charge in [0.25, 0.3) is 0 Å². The number of amides is 1. The molecule has 1 amide bonds. The minimum Gasteiger partial charge on any atom is -0.384 e. The Balaban J connectivity index is 2.66. The molecule has 0 bridgehead atoms. The lowest BCUT2D eigenvalue weighted by Gasteiger charge is -2.41. The molecule has 0 aromatic heterocycles. The van der Waals surface area contributed by atoms with E-state index in [1.165, 1.54) is 31.2 Å². The summed E-state index contributed by atoms with van der Waals surface area (Å²) < 4.78 is 81.1. The highest BCUT2D eigenvalue weighted by Crippen LogP contribution is 2.58. The van der Waals surface area contributed by atoms with Crippen LogP contribution in [0.5, 0.6) is 0 Å². The van der Waals surface area contributed by atoms with Crippen LogP contribution in [0.3, 0.4) is 0 Å². The molecule has 0 fully saturated rings. The molecule has 1 aliphatic rings. The molecule has 150 valence electrons. The van der Waals surface area contributed by atoms with E-state index < -0.39 is 34.9 Å². The van der Waals surface area contributed by atoms with Crippen LogP contribution in [0.25, 0.3) is 0 Å². The molecule has 1 aromatic carbocycles. The molecule has 0 aliphatic carbocycles. The first kappa shape index (κ1) is 21.1. The summed E-state index contributed by atoms with van der Waals surface area (Å²) in [5.74, 6) is -1.35. The predicted molar refractivity (Wildman–Crippen MR) is 88.4 cm³/mol. The standard InChI is InChI=1S/C17H14F6N4O/c1-9-7-15(16(18,19)20,17(21,22)23)13(8-24)14(25)27(9)12-5-3-11(4-6-12)26-10(2)28/h3-7H,25H2,1-2H3,(H,26,28). The van der Waals surface area contributed by atoms with Gasteiger partial charge in [-0.25, -0.2) is 0 Å². The third kappa shape index (κ3) is 3.26. The van der Waals surface area contributed by atoms with Gasteiger partial charge in [-0.2, -0.15) is 31.6 Å². The molecular formula is C17H14F6N4O. The van der Waals surface area contributed by atoms with Crippen molar-refractivity contribution in [3.63, 3.8) is 0 Å². The minimum atomic E-state index is -5.83. The van der Waals surface area contributed by atoms with Crippen LogP contribution < -0.4 is 16.0 Å². The zero-order valence-electron chi connectivity index (χ0n) is 14.5. The van der Waals surface area contributed by atoms with Gasteiger partial charge < -0.3 is 16.0 Å². The Kier molecular flexibility index (Phi) is 5.12. The van der Waals surface area contributed by atoms with Crippen molar-refractivity contribution in [1.82, 2.24) is 0 Å². The fraction of sp³-hybridized carbons (Fsp3) is 0.294. The number of hydrogen-bond acceptors (Lipinski definition) is 4. The van der Waals surface area contributed by atoms with Gasteiger partial charge in [0.15, 0.2) is 0 Å². The molecule has 2 rings (SSSR count). The van der Waals surface area contributed by atoms with E-state index >= 15 is 0 Å². The number of allylic oxidation sites excluding steroid dienone is 3. The largest absolute Gasteiger partial charge is 0.411 e. The van der Waals surface area contributed by atoms with E-state index in [0.717, 1.165) is 17.9 Å². The first-order chi connectivity index (χ1) is 12.8. The van der Waals surface area contributed by atoms with Crippen molar-refractivity contribution >= 4 is 17.3 Å². The summed E-state index contributed by atoms with van der Waals surface area (Å²) in [6.45, 7) is 2.29. The number of hydrogen-bond donors (Lipinski definition) is 2. The van der Waals surface area contributed by atoms with Gasteiger partial charge in [-0.1, -0.05) is 0 Å². The van der Waals surface area contributed by atoms with Gasteiger partial charge in [0.2, 0.25) is 11.3 Å². The number of nitrogens with two attached hydrogens (primary N) is 1. The van der Waals surface area contributed by atoms with Crippen molar-refractivity contribution < 1.29 is 31.1 Å². The highest BCUT2D eigenvalue weighted by Gasteiger charge is 2.73. The van der Waals surface area contributed by atoms with Crippen molar-refractivity contribution in [1.29, 1.82) is 5.26 Å². The number of carbonyl (C=O) groups excluding carboxylic acids is 1. The second-order valence-electron chi connectivity index (χ2n) is 6.02. The SMILES string of the molecule is CC(=O)Nc1ccc(N2C(C)=CC(C(F)(F)F)(C(F)(F)F)C(C#N)=C2N)cc1. The molecule has 1 aliphatic heterocycles. The maximum Gasteiger partial charge on any atom is 0.411 e. The van der Waals surface area contributed by atoms with Gasteiger partial charge in [-0.3, -0.25) is 4.79 Å².